The number of benzene rings is 1. The second-order valence-corrected chi connectivity index (χ2v) is 6.01. The predicted molar refractivity (Wildman–Crippen MR) is 93.4 cm³/mol. The largest absolute Gasteiger partial charge is 0.338 e. The summed E-state index contributed by atoms with van der Waals surface area (Å²) in [6.45, 7) is 0. The van der Waals surface area contributed by atoms with Crippen molar-refractivity contribution < 1.29 is 4.52 Å². The fourth-order valence-electron chi connectivity index (χ4n) is 2.12. The zero-order valence-electron chi connectivity index (χ0n) is 12.2. The predicted octanol–water partition coefficient (Wildman–Crippen LogP) is 4.65. The summed E-state index contributed by atoms with van der Waals surface area (Å²) < 4.78 is 5.37. The number of thiophene rings is 1. The number of nitrogens with zero attached hydrogens (tertiary/aromatic N) is 4. The maximum absolute atomic E-state index is 6.19. The molecule has 0 atom stereocenters. The molecule has 0 saturated carbocycles. The Morgan fingerprint density at radius 1 is 1.17 bits per heavy atom. The molecule has 0 saturated heterocycles. The molecule has 0 unspecified atom stereocenters. The van der Waals surface area contributed by atoms with Crippen molar-refractivity contribution in [3.8, 4) is 22.8 Å². The van der Waals surface area contributed by atoms with E-state index in [-0.39, 0.29) is 0 Å². The lowest BCUT2D eigenvalue weighted by atomic mass is 10.2. The van der Waals surface area contributed by atoms with Gasteiger partial charge < -0.3 is 9.84 Å². The van der Waals surface area contributed by atoms with Crippen molar-refractivity contribution in [3.63, 3.8) is 0 Å². The van der Waals surface area contributed by atoms with Crippen molar-refractivity contribution in [2.75, 3.05) is 5.32 Å². The van der Waals surface area contributed by atoms with Crippen LogP contribution in [0.3, 0.4) is 0 Å². The summed E-state index contributed by atoms with van der Waals surface area (Å²) in [4.78, 5) is 12.7. The van der Waals surface area contributed by atoms with Crippen molar-refractivity contribution in [2.24, 2.45) is 0 Å². The zero-order valence-corrected chi connectivity index (χ0v) is 13.8. The van der Waals surface area contributed by atoms with E-state index in [2.05, 4.69) is 25.4 Å². The molecule has 4 aromatic rings. The molecule has 0 amide bonds. The summed E-state index contributed by atoms with van der Waals surface area (Å²) >= 11 is 7.76. The molecule has 0 aliphatic rings. The van der Waals surface area contributed by atoms with Gasteiger partial charge in [0.05, 0.1) is 10.7 Å². The number of para-hydroxylation sites is 1. The van der Waals surface area contributed by atoms with Crippen molar-refractivity contribution in [3.05, 3.63) is 58.6 Å². The normalized spacial score (nSPS) is 10.7. The fourth-order valence-corrected chi connectivity index (χ4v) is 2.94. The molecule has 118 valence electrons. The Hall–Kier alpha value is -2.77. The van der Waals surface area contributed by atoms with Crippen LogP contribution in [0.1, 0.15) is 0 Å². The average molecular weight is 356 g/mol. The first-order chi connectivity index (χ1) is 11.8. The van der Waals surface area contributed by atoms with Gasteiger partial charge >= 0.3 is 0 Å². The van der Waals surface area contributed by atoms with Crippen molar-refractivity contribution >= 4 is 34.4 Å². The summed E-state index contributed by atoms with van der Waals surface area (Å²) in [7, 11) is 0. The number of nitrogens with one attached hydrogen (secondary N) is 1. The lowest BCUT2D eigenvalue weighted by Gasteiger charge is -2.09. The van der Waals surface area contributed by atoms with Crippen LogP contribution in [0, 0.1) is 0 Å². The third-order valence-corrected chi connectivity index (χ3v) is 4.29. The Bertz CT molecular complexity index is 970. The number of aromatic nitrogens is 4. The van der Waals surface area contributed by atoms with E-state index >= 15 is 0 Å². The molecule has 0 spiro atoms. The van der Waals surface area contributed by atoms with Crippen LogP contribution in [0.5, 0.6) is 0 Å². The van der Waals surface area contributed by atoms with Crippen molar-refractivity contribution in [1.82, 2.24) is 20.1 Å². The molecule has 1 aromatic carbocycles. The van der Waals surface area contributed by atoms with Gasteiger partial charge in [-0.2, -0.15) is 16.3 Å². The quantitative estimate of drug-likeness (QED) is 0.574. The lowest BCUT2D eigenvalue weighted by Crippen LogP contribution is -1.98. The van der Waals surface area contributed by atoms with Crippen LogP contribution in [-0.2, 0) is 0 Å². The van der Waals surface area contributed by atoms with Gasteiger partial charge in [0.25, 0.3) is 5.89 Å². The minimum Gasteiger partial charge on any atom is -0.338 e. The Morgan fingerprint density at radius 3 is 2.92 bits per heavy atom. The molecule has 3 aromatic heterocycles. The second kappa shape index (κ2) is 6.38. The highest BCUT2D eigenvalue weighted by Crippen LogP contribution is 2.31. The van der Waals surface area contributed by atoms with E-state index < -0.39 is 0 Å². The topological polar surface area (TPSA) is 76.7 Å². The van der Waals surface area contributed by atoms with E-state index in [1.54, 1.807) is 23.6 Å². The summed E-state index contributed by atoms with van der Waals surface area (Å²) in [6, 6.07) is 9.34. The third-order valence-electron chi connectivity index (χ3n) is 3.27. The van der Waals surface area contributed by atoms with Crippen LogP contribution in [0.4, 0.5) is 11.5 Å². The SMILES string of the molecule is Clc1ccccc1Nc1ncncc1-c1nc(-c2ccsc2)no1. The van der Waals surface area contributed by atoms with Crippen molar-refractivity contribution in [2.45, 2.75) is 0 Å². The van der Waals surface area contributed by atoms with E-state index in [9.17, 15) is 0 Å². The summed E-state index contributed by atoms with van der Waals surface area (Å²) in [5, 5.41) is 11.7. The average Bonchev–Trinajstić information content (AvgIpc) is 3.28. The summed E-state index contributed by atoms with van der Waals surface area (Å²) in [5.74, 6) is 1.41. The number of halogens is 1. The fraction of sp³-hybridized carbons (Fsp3) is 0. The molecule has 0 radical (unpaired) electrons. The molecule has 6 nitrogen and oxygen atoms in total. The van der Waals surface area contributed by atoms with Crippen LogP contribution < -0.4 is 5.32 Å². The molecule has 1 N–H and O–H groups in total. The first kappa shape index (κ1) is 14.8. The first-order valence-corrected chi connectivity index (χ1v) is 8.31. The van der Waals surface area contributed by atoms with Crippen LogP contribution in [-0.4, -0.2) is 20.1 Å². The third kappa shape index (κ3) is 2.86. The van der Waals surface area contributed by atoms with Crippen LogP contribution in [0.2, 0.25) is 5.02 Å². The molecule has 8 heteroatoms. The Labute approximate surface area is 146 Å². The summed E-state index contributed by atoms with van der Waals surface area (Å²) in [5.41, 5.74) is 2.25. The zero-order chi connectivity index (χ0) is 16.4. The van der Waals surface area contributed by atoms with E-state index in [1.165, 1.54) is 6.33 Å². The van der Waals surface area contributed by atoms with Gasteiger partial charge in [0.15, 0.2) is 0 Å². The molecular weight excluding hydrogens is 346 g/mol. The van der Waals surface area contributed by atoms with Gasteiger partial charge in [-0.25, -0.2) is 9.97 Å². The number of rotatable bonds is 4. The second-order valence-electron chi connectivity index (χ2n) is 4.83. The highest BCUT2D eigenvalue weighted by atomic mass is 35.5. The molecule has 24 heavy (non-hydrogen) atoms. The first-order valence-electron chi connectivity index (χ1n) is 6.99. The van der Waals surface area contributed by atoms with Gasteiger partial charge in [-0.15, -0.1) is 0 Å². The van der Waals surface area contributed by atoms with Gasteiger partial charge in [-0.3, -0.25) is 0 Å². The molecule has 0 fully saturated rings. The van der Waals surface area contributed by atoms with Gasteiger partial charge in [-0.05, 0) is 23.6 Å². The number of anilines is 2. The smallest absolute Gasteiger partial charge is 0.263 e. The van der Waals surface area contributed by atoms with Crippen molar-refractivity contribution in [1.29, 1.82) is 0 Å². The van der Waals surface area contributed by atoms with E-state index in [1.807, 2.05) is 35.0 Å². The highest BCUT2D eigenvalue weighted by Gasteiger charge is 2.16. The van der Waals surface area contributed by atoms with E-state index in [0.29, 0.717) is 28.1 Å². The molecular formula is C16H10ClN5OS. The monoisotopic (exact) mass is 355 g/mol. The summed E-state index contributed by atoms with van der Waals surface area (Å²) in [6.07, 6.45) is 3.07. The molecule has 0 aliphatic heterocycles. The highest BCUT2D eigenvalue weighted by molar-refractivity contribution is 7.08. The minimum atomic E-state index is 0.339. The lowest BCUT2D eigenvalue weighted by molar-refractivity contribution is 0.432. The molecule has 0 aliphatic carbocycles. The molecule has 0 bridgehead atoms. The minimum absolute atomic E-state index is 0.339. The van der Waals surface area contributed by atoms with Gasteiger partial charge in [0, 0.05) is 17.1 Å². The van der Waals surface area contributed by atoms with Gasteiger partial charge in [-0.1, -0.05) is 28.9 Å². The van der Waals surface area contributed by atoms with E-state index in [0.717, 1.165) is 11.3 Å². The maximum atomic E-state index is 6.19. The Balaban J connectivity index is 1.71. The van der Waals surface area contributed by atoms with Gasteiger partial charge in [0.1, 0.15) is 17.7 Å². The van der Waals surface area contributed by atoms with Crippen LogP contribution in [0.25, 0.3) is 22.8 Å². The Kier molecular flexibility index (Phi) is 3.94. The van der Waals surface area contributed by atoms with Crippen LogP contribution >= 0.6 is 22.9 Å². The van der Waals surface area contributed by atoms with Crippen LogP contribution in [0.15, 0.2) is 58.1 Å². The van der Waals surface area contributed by atoms with Gasteiger partial charge in [0.2, 0.25) is 5.82 Å². The Morgan fingerprint density at radius 2 is 2.08 bits per heavy atom. The standard InChI is InChI=1S/C16H10ClN5OS/c17-12-3-1-2-4-13(12)20-15-11(7-18-9-19-15)16-21-14(22-23-16)10-5-6-24-8-10/h1-9H,(H,18,19,20). The molecule has 4 rings (SSSR count). The van der Waals surface area contributed by atoms with E-state index in [4.69, 9.17) is 16.1 Å². The molecule has 3 heterocycles. The number of hydrogen-bond acceptors (Lipinski definition) is 7. The maximum Gasteiger partial charge on any atom is 0.263 e. The number of hydrogen-bond donors (Lipinski definition) is 1.